The maximum Gasteiger partial charge on any atom is 0.219 e. The fraction of sp³-hybridized carbons (Fsp3) is 0.391. The van der Waals surface area contributed by atoms with Crippen molar-refractivity contribution in [3.05, 3.63) is 52.5 Å². The number of likely N-dealkylation sites (tertiary alicyclic amines) is 1. The molecule has 1 N–H and O–H groups in total. The minimum absolute atomic E-state index is 0.0592. The third kappa shape index (κ3) is 3.19. The van der Waals surface area contributed by atoms with Gasteiger partial charge in [-0.2, -0.15) is 5.10 Å². The minimum atomic E-state index is -0.686. The lowest BCUT2D eigenvalue weighted by Gasteiger charge is -2.51. The van der Waals surface area contributed by atoms with Gasteiger partial charge in [-0.25, -0.2) is 5.01 Å². The highest BCUT2D eigenvalue weighted by atomic mass is 35.5. The van der Waals surface area contributed by atoms with Crippen LogP contribution in [0.15, 0.2) is 41.5 Å². The highest BCUT2D eigenvalue weighted by molar-refractivity contribution is 6.31. The van der Waals surface area contributed by atoms with E-state index in [9.17, 15) is 9.90 Å². The summed E-state index contributed by atoms with van der Waals surface area (Å²) in [6, 6.07) is 10.8. The van der Waals surface area contributed by atoms with Gasteiger partial charge in [-0.05, 0) is 24.3 Å². The summed E-state index contributed by atoms with van der Waals surface area (Å²) in [5.74, 6) is 1.63. The molecule has 1 saturated heterocycles. The number of halogens is 1. The van der Waals surface area contributed by atoms with Crippen molar-refractivity contribution in [1.29, 1.82) is 0 Å². The number of ether oxygens (including phenoxy) is 2. The number of methoxy groups -OCH3 is 1. The van der Waals surface area contributed by atoms with E-state index in [2.05, 4.69) is 0 Å². The Labute approximate surface area is 185 Å². The number of piperidine rings is 1. The number of nitrogens with zero attached hydrogens (tertiary/aromatic N) is 3. The number of benzene rings is 2. The average molecular weight is 442 g/mol. The molecule has 2 aromatic carbocycles. The van der Waals surface area contributed by atoms with Gasteiger partial charge in [0.05, 0.1) is 18.9 Å². The number of amides is 1. The zero-order chi connectivity index (χ0) is 21.8. The standard InChI is InChI=1S/C23H24ClN3O4/c1-14(28)26-10-8-23(9-11-26)27-19(16-4-3-5-21(30-2)22(16)31-23)13-18(25-27)17-12-15(24)6-7-20(17)29/h3-7,12,19,29H,8-11,13H2,1-2H3/t19-/m0/s1. The van der Waals surface area contributed by atoms with E-state index in [1.807, 2.05) is 28.1 Å². The zero-order valence-electron chi connectivity index (χ0n) is 17.5. The highest BCUT2D eigenvalue weighted by Crippen LogP contribution is 2.53. The van der Waals surface area contributed by atoms with E-state index in [0.29, 0.717) is 48.7 Å². The molecular weight excluding hydrogens is 418 g/mol. The van der Waals surface area contributed by atoms with Crippen molar-refractivity contribution in [2.24, 2.45) is 5.10 Å². The summed E-state index contributed by atoms with van der Waals surface area (Å²) in [7, 11) is 1.64. The van der Waals surface area contributed by atoms with Crippen LogP contribution in [0.2, 0.25) is 5.02 Å². The van der Waals surface area contributed by atoms with Crippen LogP contribution in [0.4, 0.5) is 0 Å². The Bertz CT molecular complexity index is 1080. The van der Waals surface area contributed by atoms with Crippen LogP contribution in [0.5, 0.6) is 17.2 Å². The molecule has 0 aromatic heterocycles. The van der Waals surface area contributed by atoms with Gasteiger partial charge >= 0.3 is 0 Å². The lowest BCUT2D eigenvalue weighted by atomic mass is 9.90. The van der Waals surface area contributed by atoms with E-state index < -0.39 is 5.72 Å². The first-order chi connectivity index (χ1) is 14.9. The number of hydrazone groups is 1. The summed E-state index contributed by atoms with van der Waals surface area (Å²) in [5, 5.41) is 18.0. The Balaban J connectivity index is 1.60. The number of hydrogen-bond acceptors (Lipinski definition) is 6. The third-order valence-corrected chi connectivity index (χ3v) is 6.70. The van der Waals surface area contributed by atoms with Crippen molar-refractivity contribution in [3.63, 3.8) is 0 Å². The van der Waals surface area contributed by atoms with Crippen LogP contribution in [-0.2, 0) is 4.79 Å². The predicted octanol–water partition coefficient (Wildman–Crippen LogP) is 3.94. The van der Waals surface area contributed by atoms with Crippen molar-refractivity contribution in [2.45, 2.75) is 38.0 Å². The molecule has 0 radical (unpaired) electrons. The Hall–Kier alpha value is -2.93. The number of carbonyl (C=O) groups is 1. The molecular formula is C23H24ClN3O4. The molecule has 7 nitrogen and oxygen atoms in total. The molecule has 1 amide bonds. The largest absolute Gasteiger partial charge is 0.507 e. The fourth-order valence-electron chi connectivity index (χ4n) is 4.83. The number of carbonyl (C=O) groups excluding carboxylic acids is 1. The van der Waals surface area contributed by atoms with Gasteiger partial charge in [0.25, 0.3) is 0 Å². The molecule has 1 fully saturated rings. The van der Waals surface area contributed by atoms with E-state index in [1.54, 1.807) is 32.2 Å². The molecule has 1 atom stereocenters. The molecule has 1 spiro atoms. The summed E-state index contributed by atoms with van der Waals surface area (Å²) in [5.41, 5.74) is 1.70. The molecule has 162 valence electrons. The van der Waals surface area contributed by atoms with E-state index >= 15 is 0 Å². The first kappa shape index (κ1) is 20.0. The van der Waals surface area contributed by atoms with Crippen LogP contribution in [-0.4, -0.2) is 52.6 Å². The SMILES string of the molecule is COc1cccc2c1OC1(CCN(C(C)=O)CC1)N1N=C(c3cc(Cl)ccc3O)C[C@@H]21. The van der Waals surface area contributed by atoms with Crippen molar-refractivity contribution in [3.8, 4) is 17.2 Å². The van der Waals surface area contributed by atoms with Crippen molar-refractivity contribution >= 4 is 23.2 Å². The lowest BCUT2D eigenvalue weighted by molar-refractivity contribution is -0.159. The molecule has 31 heavy (non-hydrogen) atoms. The normalized spacial score (nSPS) is 21.3. The summed E-state index contributed by atoms with van der Waals surface area (Å²) < 4.78 is 12.2. The topological polar surface area (TPSA) is 74.6 Å². The van der Waals surface area contributed by atoms with E-state index in [0.717, 1.165) is 17.0 Å². The number of hydrogen-bond donors (Lipinski definition) is 1. The molecule has 8 heteroatoms. The van der Waals surface area contributed by atoms with Crippen LogP contribution < -0.4 is 9.47 Å². The molecule has 0 bridgehead atoms. The lowest BCUT2D eigenvalue weighted by Crippen LogP contribution is -2.59. The number of para-hydroxylation sites is 1. The predicted molar refractivity (Wildman–Crippen MR) is 117 cm³/mol. The Morgan fingerprint density at radius 1 is 1.29 bits per heavy atom. The first-order valence-electron chi connectivity index (χ1n) is 10.4. The van der Waals surface area contributed by atoms with E-state index in [4.69, 9.17) is 26.2 Å². The van der Waals surface area contributed by atoms with Crippen molar-refractivity contribution in [1.82, 2.24) is 9.91 Å². The summed E-state index contributed by atoms with van der Waals surface area (Å²) in [4.78, 5) is 13.7. The van der Waals surface area contributed by atoms with Gasteiger partial charge in [0.1, 0.15) is 5.75 Å². The molecule has 0 aliphatic carbocycles. The van der Waals surface area contributed by atoms with E-state index in [1.165, 1.54) is 0 Å². The molecule has 0 saturated carbocycles. The van der Waals surface area contributed by atoms with Crippen molar-refractivity contribution < 1.29 is 19.4 Å². The van der Waals surface area contributed by atoms with Crippen LogP contribution >= 0.6 is 11.6 Å². The van der Waals surface area contributed by atoms with Gasteiger partial charge in [-0.1, -0.05) is 23.7 Å². The molecule has 3 aliphatic heterocycles. The highest BCUT2D eigenvalue weighted by Gasteiger charge is 2.53. The number of fused-ring (bicyclic) bond motifs is 4. The molecule has 2 aromatic rings. The number of phenolic OH excluding ortho intramolecular Hbond substituents is 1. The Morgan fingerprint density at radius 3 is 2.77 bits per heavy atom. The van der Waals surface area contributed by atoms with Crippen LogP contribution in [0.3, 0.4) is 0 Å². The number of rotatable bonds is 2. The third-order valence-electron chi connectivity index (χ3n) is 6.47. The minimum Gasteiger partial charge on any atom is -0.507 e. The average Bonchev–Trinajstić information content (AvgIpc) is 3.22. The summed E-state index contributed by atoms with van der Waals surface area (Å²) >= 11 is 6.20. The number of aromatic hydroxyl groups is 1. The van der Waals surface area contributed by atoms with Gasteiger partial charge in [-0.15, -0.1) is 0 Å². The fourth-order valence-corrected chi connectivity index (χ4v) is 5.01. The van der Waals surface area contributed by atoms with Gasteiger partial charge in [0, 0.05) is 55.4 Å². The summed E-state index contributed by atoms with van der Waals surface area (Å²) in [6.07, 6.45) is 1.85. The maximum atomic E-state index is 11.9. The second kappa shape index (κ2) is 7.34. The molecule has 5 rings (SSSR count). The zero-order valence-corrected chi connectivity index (χ0v) is 18.2. The van der Waals surface area contributed by atoms with Crippen LogP contribution in [0, 0.1) is 0 Å². The van der Waals surface area contributed by atoms with E-state index in [-0.39, 0.29) is 17.7 Å². The second-order valence-corrected chi connectivity index (χ2v) is 8.64. The number of phenols is 1. The van der Waals surface area contributed by atoms with Crippen LogP contribution in [0.25, 0.3) is 0 Å². The molecule has 3 heterocycles. The molecule has 0 unspecified atom stereocenters. The van der Waals surface area contributed by atoms with Gasteiger partial charge < -0.3 is 19.5 Å². The Morgan fingerprint density at radius 2 is 2.06 bits per heavy atom. The van der Waals surface area contributed by atoms with Gasteiger partial charge in [0.2, 0.25) is 11.6 Å². The first-order valence-corrected chi connectivity index (χ1v) is 10.8. The monoisotopic (exact) mass is 441 g/mol. The maximum absolute atomic E-state index is 11.9. The van der Waals surface area contributed by atoms with Gasteiger partial charge in [0.15, 0.2) is 11.5 Å². The smallest absolute Gasteiger partial charge is 0.219 e. The van der Waals surface area contributed by atoms with Crippen LogP contribution in [0.1, 0.15) is 43.4 Å². The quantitative estimate of drug-likeness (QED) is 0.764. The second-order valence-electron chi connectivity index (χ2n) is 8.21. The van der Waals surface area contributed by atoms with Crippen molar-refractivity contribution in [2.75, 3.05) is 20.2 Å². The Kier molecular flexibility index (Phi) is 4.73. The van der Waals surface area contributed by atoms with Gasteiger partial charge in [-0.3, -0.25) is 4.79 Å². The summed E-state index contributed by atoms with van der Waals surface area (Å²) in [6.45, 7) is 2.78. The molecule has 3 aliphatic rings.